The van der Waals surface area contributed by atoms with Crippen molar-refractivity contribution in [3.63, 3.8) is 0 Å². The molecule has 4 fully saturated rings. The minimum atomic E-state index is -0.212. The molecule has 4 rings (SSSR count). The fourth-order valence-electron chi connectivity index (χ4n) is 5.41. The van der Waals surface area contributed by atoms with E-state index in [4.69, 9.17) is 30.4 Å². The monoisotopic (exact) mass is 396 g/mol. The molecule has 4 aliphatic rings. The Balaban J connectivity index is 1.06. The summed E-state index contributed by atoms with van der Waals surface area (Å²) in [6, 6.07) is 0. The lowest BCUT2D eigenvalue weighted by Gasteiger charge is -2.40. The van der Waals surface area contributed by atoms with E-state index in [2.05, 4.69) is 0 Å². The van der Waals surface area contributed by atoms with Crippen LogP contribution in [0.25, 0.3) is 0 Å². The van der Waals surface area contributed by atoms with E-state index in [0.717, 1.165) is 36.9 Å². The summed E-state index contributed by atoms with van der Waals surface area (Å²) < 4.78 is 22.2. The van der Waals surface area contributed by atoms with Crippen LogP contribution in [0.2, 0.25) is 0 Å². The Morgan fingerprint density at radius 3 is 1.25 bits per heavy atom. The second-order valence-corrected chi connectivity index (χ2v) is 10.3. The third kappa shape index (κ3) is 5.46. The molecule has 2 aliphatic heterocycles. The van der Waals surface area contributed by atoms with Crippen molar-refractivity contribution < 1.29 is 18.9 Å². The minimum absolute atomic E-state index is 0.212. The van der Waals surface area contributed by atoms with Crippen molar-refractivity contribution in [1.29, 1.82) is 0 Å². The highest BCUT2D eigenvalue weighted by atomic mass is 16.5. The Hall–Kier alpha value is -0.240. The van der Waals surface area contributed by atoms with Crippen LogP contribution in [0.4, 0.5) is 0 Å². The van der Waals surface area contributed by atoms with Gasteiger partial charge < -0.3 is 30.4 Å². The molecule has 0 radical (unpaired) electrons. The van der Waals surface area contributed by atoms with Crippen molar-refractivity contribution in [2.24, 2.45) is 35.1 Å². The van der Waals surface area contributed by atoms with Crippen molar-refractivity contribution in [2.45, 2.75) is 62.4 Å². The lowest BCUT2D eigenvalue weighted by Crippen LogP contribution is -2.60. The summed E-state index contributed by atoms with van der Waals surface area (Å²) in [5.41, 5.74) is 11.9. The van der Waals surface area contributed by atoms with Gasteiger partial charge in [-0.2, -0.15) is 0 Å². The quantitative estimate of drug-likeness (QED) is 0.620. The van der Waals surface area contributed by atoms with Gasteiger partial charge in [0.05, 0.1) is 50.7 Å². The normalized spacial score (nSPS) is 37.1. The first kappa shape index (κ1) is 21.0. The Morgan fingerprint density at radius 2 is 0.964 bits per heavy atom. The van der Waals surface area contributed by atoms with Gasteiger partial charge in [-0.3, -0.25) is 0 Å². The van der Waals surface area contributed by atoms with E-state index in [9.17, 15) is 0 Å². The summed E-state index contributed by atoms with van der Waals surface area (Å²) in [7, 11) is 0. The summed E-state index contributed by atoms with van der Waals surface area (Å²) in [5, 5.41) is 0. The summed E-state index contributed by atoms with van der Waals surface area (Å²) in [5.74, 6) is 3.31. The molecule has 0 aromatic rings. The number of ether oxygens (including phenoxy) is 4. The van der Waals surface area contributed by atoms with E-state index in [-0.39, 0.29) is 11.1 Å². The average molecular weight is 397 g/mol. The van der Waals surface area contributed by atoms with Crippen molar-refractivity contribution in [3.8, 4) is 0 Å². The van der Waals surface area contributed by atoms with E-state index in [1.165, 1.54) is 51.4 Å². The lowest BCUT2D eigenvalue weighted by atomic mass is 9.69. The van der Waals surface area contributed by atoms with E-state index in [0.29, 0.717) is 39.6 Å². The van der Waals surface area contributed by atoms with Crippen molar-refractivity contribution in [3.05, 3.63) is 0 Å². The first-order valence-electron chi connectivity index (χ1n) is 11.4. The minimum Gasteiger partial charge on any atom is -0.379 e. The molecule has 162 valence electrons. The molecule has 4 N–H and O–H groups in total. The van der Waals surface area contributed by atoms with Crippen LogP contribution >= 0.6 is 0 Å². The third-order valence-corrected chi connectivity index (χ3v) is 7.49. The molecule has 0 bridgehead atoms. The SMILES string of the molecule is NC1(COCC2CCC(C3CCC(COCC4(N)COC4)CC3)CC2)COC1. The molecule has 0 atom stereocenters. The molecule has 2 saturated carbocycles. The van der Waals surface area contributed by atoms with Gasteiger partial charge in [-0.05, 0) is 75.0 Å². The van der Waals surface area contributed by atoms with Crippen molar-refractivity contribution in [2.75, 3.05) is 52.9 Å². The highest BCUT2D eigenvalue weighted by Gasteiger charge is 2.36. The smallest absolute Gasteiger partial charge is 0.0865 e. The standard InChI is InChI=1S/C22H40N2O4/c23-21(13-27-14-21)11-25-9-17-1-5-19(6-2-17)20-7-3-18(4-8-20)10-26-12-22(24)15-28-16-22/h17-20H,1-16,23-24H2. The van der Waals surface area contributed by atoms with Crippen LogP contribution in [-0.2, 0) is 18.9 Å². The fourth-order valence-corrected chi connectivity index (χ4v) is 5.41. The second-order valence-electron chi connectivity index (χ2n) is 10.3. The van der Waals surface area contributed by atoms with Gasteiger partial charge in [-0.25, -0.2) is 0 Å². The molecule has 0 spiro atoms. The summed E-state index contributed by atoms with van der Waals surface area (Å²) in [4.78, 5) is 0. The van der Waals surface area contributed by atoms with Gasteiger partial charge in [0.25, 0.3) is 0 Å². The van der Waals surface area contributed by atoms with Crippen LogP contribution < -0.4 is 11.5 Å². The maximum Gasteiger partial charge on any atom is 0.0865 e. The topological polar surface area (TPSA) is 89.0 Å². The Kier molecular flexibility index (Phi) is 6.96. The molecule has 28 heavy (non-hydrogen) atoms. The zero-order valence-electron chi connectivity index (χ0n) is 17.4. The molecule has 2 saturated heterocycles. The predicted molar refractivity (Wildman–Crippen MR) is 108 cm³/mol. The maximum absolute atomic E-state index is 6.14. The predicted octanol–water partition coefficient (Wildman–Crippen LogP) is 2.09. The van der Waals surface area contributed by atoms with Crippen LogP contribution in [-0.4, -0.2) is 63.9 Å². The molecule has 2 aliphatic carbocycles. The highest BCUT2D eigenvalue weighted by molar-refractivity contribution is 4.91. The highest BCUT2D eigenvalue weighted by Crippen LogP contribution is 2.41. The van der Waals surface area contributed by atoms with Gasteiger partial charge >= 0.3 is 0 Å². The molecule has 6 nitrogen and oxygen atoms in total. The van der Waals surface area contributed by atoms with Gasteiger partial charge in [0, 0.05) is 13.2 Å². The molecular weight excluding hydrogens is 356 g/mol. The van der Waals surface area contributed by atoms with Gasteiger partial charge in [0.2, 0.25) is 0 Å². The summed E-state index contributed by atoms with van der Waals surface area (Å²) in [6.07, 6.45) is 10.8. The lowest BCUT2D eigenvalue weighted by molar-refractivity contribution is -0.0974. The van der Waals surface area contributed by atoms with Crippen LogP contribution in [0.1, 0.15) is 51.4 Å². The first-order chi connectivity index (χ1) is 13.5. The molecule has 2 heterocycles. The van der Waals surface area contributed by atoms with E-state index < -0.39 is 0 Å². The molecule has 0 unspecified atom stereocenters. The Labute approximate surface area is 170 Å². The third-order valence-electron chi connectivity index (χ3n) is 7.49. The van der Waals surface area contributed by atoms with Gasteiger partial charge in [0.15, 0.2) is 0 Å². The molecule has 0 amide bonds. The summed E-state index contributed by atoms with van der Waals surface area (Å²) in [6.45, 7) is 5.65. The van der Waals surface area contributed by atoms with Gasteiger partial charge in [0.1, 0.15) is 0 Å². The largest absolute Gasteiger partial charge is 0.379 e. The van der Waals surface area contributed by atoms with Crippen molar-refractivity contribution >= 4 is 0 Å². The second kappa shape index (κ2) is 9.27. The zero-order valence-corrected chi connectivity index (χ0v) is 17.4. The van der Waals surface area contributed by atoms with Crippen LogP contribution in [0, 0.1) is 23.7 Å². The number of hydrogen-bond donors (Lipinski definition) is 2. The molecule has 0 aromatic carbocycles. The van der Waals surface area contributed by atoms with Gasteiger partial charge in [-0.1, -0.05) is 0 Å². The van der Waals surface area contributed by atoms with Gasteiger partial charge in [-0.15, -0.1) is 0 Å². The fraction of sp³-hybridized carbons (Fsp3) is 1.00. The zero-order chi connectivity index (χ0) is 19.5. The van der Waals surface area contributed by atoms with E-state index in [1.807, 2.05) is 0 Å². The van der Waals surface area contributed by atoms with E-state index in [1.54, 1.807) is 0 Å². The van der Waals surface area contributed by atoms with Crippen LogP contribution in [0.5, 0.6) is 0 Å². The molecule has 0 aromatic heterocycles. The van der Waals surface area contributed by atoms with Crippen LogP contribution in [0.3, 0.4) is 0 Å². The average Bonchev–Trinajstić information content (AvgIpc) is 2.66. The molecular formula is C22H40N2O4. The number of rotatable bonds is 9. The van der Waals surface area contributed by atoms with Crippen LogP contribution in [0.15, 0.2) is 0 Å². The maximum atomic E-state index is 6.14. The molecule has 6 heteroatoms. The number of nitrogens with two attached hydrogens (primary N) is 2. The first-order valence-corrected chi connectivity index (χ1v) is 11.4. The summed E-state index contributed by atoms with van der Waals surface area (Å²) >= 11 is 0. The Morgan fingerprint density at radius 1 is 0.607 bits per heavy atom. The van der Waals surface area contributed by atoms with E-state index >= 15 is 0 Å². The van der Waals surface area contributed by atoms with Crippen molar-refractivity contribution in [1.82, 2.24) is 0 Å². The number of hydrogen-bond acceptors (Lipinski definition) is 6. The Bertz CT molecular complexity index is 435.